The van der Waals surface area contributed by atoms with Gasteiger partial charge >= 0.3 is 5.97 Å². The number of hydrazine groups is 1. The normalized spacial score (nSPS) is 20.2. The molecule has 0 aromatic carbocycles. The molecule has 0 radical (unpaired) electrons. The molecule has 3 aliphatic rings. The third kappa shape index (κ3) is 7.29. The number of unbranched alkanes of at least 4 members (excludes halogenated alkanes) is 1. The Labute approximate surface area is 171 Å². The van der Waals surface area contributed by atoms with E-state index in [9.17, 15) is 4.79 Å². The lowest BCUT2D eigenvalue weighted by molar-refractivity contribution is -0.155. The number of carbonyl (C=O) groups is 2. The monoisotopic (exact) mass is 499 g/mol. The van der Waals surface area contributed by atoms with Crippen molar-refractivity contribution in [3.63, 3.8) is 0 Å². The molecule has 7 nitrogen and oxygen atoms in total. The average molecular weight is 499 g/mol. The molecule has 2 fully saturated rings. The van der Waals surface area contributed by atoms with Crippen LogP contribution in [-0.4, -0.2) is 61.0 Å². The summed E-state index contributed by atoms with van der Waals surface area (Å²) in [6, 6.07) is 0. The number of halogens is 1. The molecule has 3 aliphatic heterocycles. The molecule has 0 amide bonds. The highest BCUT2D eigenvalue weighted by molar-refractivity contribution is 14.2. The van der Waals surface area contributed by atoms with Crippen LogP contribution in [0.25, 0.3) is 0 Å². The summed E-state index contributed by atoms with van der Waals surface area (Å²) < 4.78 is 11.3. The van der Waals surface area contributed by atoms with Crippen LogP contribution >= 0.6 is 28.4 Å². The van der Waals surface area contributed by atoms with Gasteiger partial charge in [-0.15, -0.1) is 0 Å². The number of nitrogens with zero attached hydrogens (tertiary/aromatic N) is 2. The maximum atomic E-state index is 12.1. The van der Waals surface area contributed by atoms with Gasteiger partial charge in [-0.2, -0.15) is 0 Å². The zero-order chi connectivity index (χ0) is 19.3. The largest absolute Gasteiger partial charge is 0.471 e. The van der Waals surface area contributed by atoms with Crippen LogP contribution in [0.5, 0.6) is 0 Å². The van der Waals surface area contributed by atoms with Crippen LogP contribution in [0.2, 0.25) is 0 Å². The summed E-state index contributed by atoms with van der Waals surface area (Å²) in [5.74, 6) is 0.0472. The fourth-order valence-electron chi connectivity index (χ4n) is 3.30. The Balaban J connectivity index is 0.000000255. The minimum absolute atomic E-state index is 0.0472. The highest BCUT2D eigenvalue weighted by Crippen LogP contribution is 2.39. The number of ether oxygens (including phenoxy) is 2. The molecule has 150 valence electrons. The van der Waals surface area contributed by atoms with Crippen LogP contribution in [0.1, 0.15) is 45.4 Å². The van der Waals surface area contributed by atoms with Gasteiger partial charge in [0, 0.05) is 12.7 Å². The second-order valence-corrected chi connectivity index (χ2v) is 8.35. The van der Waals surface area contributed by atoms with Crippen LogP contribution in [0.3, 0.4) is 0 Å². The molecular weight excluding hydrogens is 468 g/mol. The molecule has 2 saturated heterocycles. The van der Waals surface area contributed by atoms with E-state index in [1.54, 1.807) is 0 Å². The van der Waals surface area contributed by atoms with Gasteiger partial charge in [-0.3, -0.25) is 19.3 Å². The smallest absolute Gasteiger partial charge is 0.326 e. The number of carbonyl (C=O) groups excluding carboxylic acids is 2. The molecule has 3 rings (SSSR count). The van der Waals surface area contributed by atoms with E-state index in [1.807, 2.05) is 0 Å². The Morgan fingerprint density at radius 2 is 2.04 bits per heavy atom. The fourth-order valence-corrected chi connectivity index (χ4v) is 4.61. The highest BCUT2D eigenvalue weighted by atomic mass is 127. The quantitative estimate of drug-likeness (QED) is 0.198. The lowest BCUT2D eigenvalue weighted by atomic mass is 9.94. The van der Waals surface area contributed by atoms with Gasteiger partial charge in [-0.25, -0.2) is 5.43 Å². The number of hydrogen-bond donors (Lipinski definition) is 1. The Kier molecular flexibility index (Phi) is 12.4. The number of fused-ring (bicyclic) bond motifs is 1. The van der Waals surface area contributed by atoms with Crippen LogP contribution in [-0.2, 0) is 19.1 Å². The lowest BCUT2D eigenvalue weighted by Gasteiger charge is -2.29. The molecule has 0 aromatic heterocycles. The lowest BCUT2D eigenvalue weighted by Crippen LogP contribution is -2.46. The van der Waals surface area contributed by atoms with E-state index in [2.05, 4.69) is 61.1 Å². The van der Waals surface area contributed by atoms with Crippen molar-refractivity contribution in [1.29, 1.82) is 0 Å². The van der Waals surface area contributed by atoms with Gasteiger partial charge < -0.3 is 9.47 Å². The summed E-state index contributed by atoms with van der Waals surface area (Å²) in [7, 11) is 1.31. The number of rotatable bonds is 6. The Morgan fingerprint density at radius 1 is 1.38 bits per heavy atom. The van der Waals surface area contributed by atoms with E-state index in [-0.39, 0.29) is 11.5 Å². The molecule has 1 atom stereocenters. The SMILES string of the molecule is CCCCOC(=O)C12CCCN1CCC2.COC=O.IPN1C=CCN1. The molecule has 0 spiro atoms. The third-order valence-electron chi connectivity index (χ3n) is 4.57. The number of methoxy groups -OCH3 is 1. The standard InChI is InChI=1S/C12H21NO2.C3H6IN2P.C2H4O2/c1-2-3-10-15-11(14)12-6-4-8-13(12)9-5-7-12;4-7-6-3-1-2-5-6;1-4-2-3/h2-10H2,1H3;1,3,5,7H,2H2;2H,1H3. The molecule has 0 bridgehead atoms. The minimum Gasteiger partial charge on any atom is -0.471 e. The van der Waals surface area contributed by atoms with Crippen LogP contribution in [0.4, 0.5) is 0 Å². The molecule has 1 unspecified atom stereocenters. The molecule has 0 saturated carbocycles. The number of esters is 1. The average Bonchev–Trinajstić information content (AvgIpc) is 3.39. The minimum atomic E-state index is -0.215. The third-order valence-corrected chi connectivity index (χ3v) is 6.62. The summed E-state index contributed by atoms with van der Waals surface area (Å²) >= 11 is 2.33. The van der Waals surface area contributed by atoms with E-state index in [0.29, 0.717) is 13.1 Å². The zero-order valence-electron chi connectivity index (χ0n) is 15.7. The fraction of sp³-hybridized carbons (Fsp3) is 0.765. The van der Waals surface area contributed by atoms with Gasteiger partial charge in [0.15, 0.2) is 0 Å². The highest BCUT2D eigenvalue weighted by Gasteiger charge is 2.51. The van der Waals surface area contributed by atoms with Gasteiger partial charge in [-0.1, -0.05) is 19.4 Å². The van der Waals surface area contributed by atoms with Gasteiger partial charge in [-0.05, 0) is 67.2 Å². The van der Waals surface area contributed by atoms with Gasteiger partial charge in [0.25, 0.3) is 6.47 Å². The molecule has 9 heteroatoms. The number of hydrogen-bond acceptors (Lipinski definition) is 7. The predicted molar refractivity (Wildman–Crippen MR) is 113 cm³/mol. The topological polar surface area (TPSA) is 71.1 Å². The molecule has 1 N–H and O–H groups in total. The second kappa shape index (κ2) is 13.7. The van der Waals surface area contributed by atoms with E-state index < -0.39 is 0 Å². The van der Waals surface area contributed by atoms with Crippen LogP contribution in [0.15, 0.2) is 12.3 Å². The van der Waals surface area contributed by atoms with Crippen molar-refractivity contribution in [3.8, 4) is 0 Å². The Hall–Kier alpha value is -0.440. The summed E-state index contributed by atoms with van der Waals surface area (Å²) in [6.45, 7) is 6.26. The molecule has 26 heavy (non-hydrogen) atoms. The zero-order valence-corrected chi connectivity index (χ0v) is 18.9. The van der Waals surface area contributed by atoms with Crippen molar-refractivity contribution < 1.29 is 19.1 Å². The van der Waals surface area contributed by atoms with E-state index >= 15 is 0 Å². The van der Waals surface area contributed by atoms with Crippen molar-refractivity contribution in [2.24, 2.45) is 0 Å². The van der Waals surface area contributed by atoms with Crippen molar-refractivity contribution in [3.05, 3.63) is 12.3 Å². The van der Waals surface area contributed by atoms with Gasteiger partial charge in [0.05, 0.1) is 20.1 Å². The predicted octanol–water partition coefficient (Wildman–Crippen LogP) is 3.01. The first-order valence-corrected chi connectivity index (χ1v) is 13.1. The van der Waals surface area contributed by atoms with E-state index in [1.165, 1.54) is 7.11 Å². The van der Waals surface area contributed by atoms with Crippen molar-refractivity contribution in [2.75, 3.05) is 33.4 Å². The van der Waals surface area contributed by atoms with E-state index in [4.69, 9.17) is 9.53 Å². The maximum absolute atomic E-state index is 12.1. The molecule has 3 heterocycles. The first kappa shape index (κ1) is 23.6. The van der Waals surface area contributed by atoms with Crippen LogP contribution in [0, 0.1) is 0 Å². The summed E-state index contributed by atoms with van der Waals surface area (Å²) in [5.41, 5.74) is 2.92. The first-order chi connectivity index (χ1) is 12.6. The van der Waals surface area contributed by atoms with Crippen molar-refractivity contribution in [2.45, 2.75) is 51.0 Å². The van der Waals surface area contributed by atoms with Gasteiger partial charge in [0.2, 0.25) is 0 Å². The summed E-state index contributed by atoms with van der Waals surface area (Å²) in [5, 5.41) is 0. The first-order valence-electron chi connectivity index (χ1n) is 9.09. The van der Waals surface area contributed by atoms with Crippen molar-refractivity contribution in [1.82, 2.24) is 15.1 Å². The molecule has 0 aromatic rings. The summed E-state index contributed by atoms with van der Waals surface area (Å²) in [6.07, 6.45) is 11.4. The van der Waals surface area contributed by atoms with Crippen LogP contribution < -0.4 is 5.43 Å². The Morgan fingerprint density at radius 3 is 2.46 bits per heavy atom. The number of nitrogens with one attached hydrogen (secondary N) is 1. The second-order valence-electron chi connectivity index (χ2n) is 6.25. The van der Waals surface area contributed by atoms with Gasteiger partial charge in [0.1, 0.15) is 5.54 Å². The van der Waals surface area contributed by atoms with Crippen molar-refractivity contribution >= 4 is 40.9 Å². The molecule has 0 aliphatic carbocycles. The maximum Gasteiger partial charge on any atom is 0.326 e. The molecular formula is C17H31IN3O4P. The van der Waals surface area contributed by atoms with E-state index in [0.717, 1.165) is 64.5 Å². The Bertz CT molecular complexity index is 444. The summed E-state index contributed by atoms with van der Waals surface area (Å²) in [4.78, 5) is 23.3.